The van der Waals surface area contributed by atoms with Crippen molar-refractivity contribution in [1.29, 1.82) is 0 Å². The van der Waals surface area contributed by atoms with Crippen molar-refractivity contribution in [3.05, 3.63) is 23.4 Å². The highest BCUT2D eigenvalue weighted by atomic mass is 16.5. The fourth-order valence-electron chi connectivity index (χ4n) is 4.70. The van der Waals surface area contributed by atoms with Gasteiger partial charge in [-0.3, -0.25) is 10.1 Å². The lowest BCUT2D eigenvalue weighted by molar-refractivity contribution is -0.153. The lowest BCUT2D eigenvalue weighted by Gasteiger charge is -2.49. The van der Waals surface area contributed by atoms with Gasteiger partial charge in [0.05, 0.1) is 32.3 Å². The van der Waals surface area contributed by atoms with Gasteiger partial charge in [0.1, 0.15) is 6.23 Å². The summed E-state index contributed by atoms with van der Waals surface area (Å²) in [6, 6.07) is 3.15. The van der Waals surface area contributed by atoms with Crippen molar-refractivity contribution >= 4 is 16.8 Å². The number of fused-ring (bicyclic) bond motifs is 4. The first kappa shape index (κ1) is 19.1. The van der Waals surface area contributed by atoms with Crippen molar-refractivity contribution in [3.63, 3.8) is 0 Å². The molecule has 152 valence electrons. The van der Waals surface area contributed by atoms with Crippen molar-refractivity contribution in [2.24, 2.45) is 5.92 Å². The summed E-state index contributed by atoms with van der Waals surface area (Å²) in [4.78, 5) is 18.5. The smallest absolute Gasteiger partial charge is 0.240 e. The fraction of sp³-hybridized carbons (Fsp3) is 0.571. The van der Waals surface area contributed by atoms with E-state index in [4.69, 9.17) is 9.47 Å². The number of hydrogen-bond acceptors (Lipinski definition) is 5. The van der Waals surface area contributed by atoms with Gasteiger partial charge < -0.3 is 24.5 Å². The van der Waals surface area contributed by atoms with Gasteiger partial charge >= 0.3 is 0 Å². The van der Waals surface area contributed by atoms with E-state index in [1.54, 1.807) is 14.2 Å². The molecule has 0 radical (unpaired) electrons. The molecule has 0 saturated carbocycles. The van der Waals surface area contributed by atoms with Crippen LogP contribution in [-0.4, -0.2) is 53.4 Å². The van der Waals surface area contributed by atoms with E-state index in [0.717, 1.165) is 28.6 Å². The second kappa shape index (κ2) is 6.97. The highest BCUT2D eigenvalue weighted by molar-refractivity contribution is 5.90. The molecule has 28 heavy (non-hydrogen) atoms. The number of piperazine rings is 1. The molecule has 3 heterocycles. The van der Waals surface area contributed by atoms with Crippen LogP contribution in [0.2, 0.25) is 0 Å². The van der Waals surface area contributed by atoms with E-state index in [9.17, 15) is 9.90 Å². The molecule has 1 aromatic carbocycles. The molecule has 3 N–H and O–H groups in total. The van der Waals surface area contributed by atoms with Crippen LogP contribution >= 0.6 is 0 Å². The molecular weight excluding hydrogens is 358 g/mol. The molecule has 0 spiro atoms. The molecule has 1 saturated heterocycles. The van der Waals surface area contributed by atoms with Crippen LogP contribution in [0.15, 0.2) is 12.1 Å². The Bertz CT molecular complexity index is 907. The van der Waals surface area contributed by atoms with E-state index in [1.165, 1.54) is 0 Å². The third-order valence-electron chi connectivity index (χ3n) is 5.99. The third-order valence-corrected chi connectivity index (χ3v) is 5.99. The Balaban J connectivity index is 1.90. The third kappa shape index (κ3) is 2.84. The molecule has 2 aromatic rings. The first-order chi connectivity index (χ1) is 13.3. The van der Waals surface area contributed by atoms with Crippen LogP contribution in [-0.2, 0) is 11.2 Å². The van der Waals surface area contributed by atoms with E-state index in [0.29, 0.717) is 23.8 Å². The molecule has 1 aromatic heterocycles. The number of ether oxygens (including phenoxy) is 2. The summed E-state index contributed by atoms with van der Waals surface area (Å²) in [6.45, 7) is 6.12. The second-order valence-electron chi connectivity index (χ2n) is 8.27. The summed E-state index contributed by atoms with van der Waals surface area (Å²) in [7, 11) is 3.25. The van der Waals surface area contributed by atoms with E-state index in [1.807, 2.05) is 24.0 Å². The molecule has 7 nitrogen and oxygen atoms in total. The quantitative estimate of drug-likeness (QED) is 0.750. The van der Waals surface area contributed by atoms with Crippen LogP contribution in [0.1, 0.15) is 44.5 Å². The average molecular weight is 387 g/mol. The largest absolute Gasteiger partial charge is 0.493 e. The summed E-state index contributed by atoms with van der Waals surface area (Å²) < 4.78 is 10.9. The number of H-pyrrole nitrogens is 1. The van der Waals surface area contributed by atoms with Gasteiger partial charge in [-0.05, 0) is 37.3 Å². The van der Waals surface area contributed by atoms with Gasteiger partial charge in [-0.15, -0.1) is 0 Å². The Morgan fingerprint density at radius 3 is 2.57 bits per heavy atom. The number of hydrogen-bond donors (Lipinski definition) is 3. The highest BCUT2D eigenvalue weighted by Gasteiger charge is 2.47. The zero-order chi connectivity index (χ0) is 20.2. The van der Waals surface area contributed by atoms with Gasteiger partial charge in [0, 0.05) is 22.7 Å². The minimum absolute atomic E-state index is 0.0421. The molecule has 7 heteroatoms. The second-order valence-corrected chi connectivity index (χ2v) is 8.27. The van der Waals surface area contributed by atoms with Gasteiger partial charge in [0.15, 0.2) is 11.5 Å². The Labute approximate surface area is 165 Å². The number of nitrogens with one attached hydrogen (secondary N) is 2. The predicted octanol–water partition coefficient (Wildman–Crippen LogP) is 2.34. The molecule has 4 rings (SSSR count). The number of benzene rings is 1. The number of methoxy groups -OCH3 is 2. The normalized spacial score (nSPS) is 27.1. The number of aromatic nitrogens is 1. The molecular formula is C21H29N3O4. The SMILES string of the molecule is COc1cc2[nH]c3c(c2cc1OC)CC1C(O)NC(C)C(=O)N1C3CC(C)C. The van der Waals surface area contributed by atoms with Crippen LogP contribution in [0.25, 0.3) is 10.9 Å². The van der Waals surface area contributed by atoms with Crippen molar-refractivity contribution in [2.75, 3.05) is 14.2 Å². The first-order valence-corrected chi connectivity index (χ1v) is 9.88. The summed E-state index contributed by atoms with van der Waals surface area (Å²) in [5, 5.41) is 14.8. The maximum atomic E-state index is 13.0. The molecule has 1 amide bonds. The van der Waals surface area contributed by atoms with Crippen molar-refractivity contribution in [1.82, 2.24) is 15.2 Å². The maximum absolute atomic E-state index is 13.0. The lowest BCUT2D eigenvalue weighted by Crippen LogP contribution is -2.67. The highest BCUT2D eigenvalue weighted by Crippen LogP contribution is 2.44. The molecule has 2 aliphatic rings. The number of carbonyl (C=O) groups is 1. The van der Waals surface area contributed by atoms with Crippen molar-refractivity contribution in [3.8, 4) is 11.5 Å². The Morgan fingerprint density at radius 2 is 1.93 bits per heavy atom. The Kier molecular flexibility index (Phi) is 4.75. The van der Waals surface area contributed by atoms with Crippen molar-refractivity contribution in [2.45, 2.75) is 58.0 Å². The molecule has 2 aliphatic heterocycles. The number of amides is 1. The molecule has 1 fully saturated rings. The molecule has 0 bridgehead atoms. The van der Waals surface area contributed by atoms with Gasteiger partial charge in [0.2, 0.25) is 5.91 Å². The number of aliphatic hydroxyl groups is 1. The van der Waals surface area contributed by atoms with E-state index < -0.39 is 12.3 Å². The molecule has 0 aliphatic carbocycles. The van der Waals surface area contributed by atoms with Gasteiger partial charge in [-0.25, -0.2) is 0 Å². The standard InChI is InChI=1S/C21H29N3O4/c1-10(2)6-15-19-13(7-16-20(25)22-11(3)21(26)24(15)16)12-8-17(27-4)18(28-5)9-14(12)23-19/h8-11,15-16,20,22-23,25H,6-7H2,1-5H3. The summed E-state index contributed by atoms with van der Waals surface area (Å²) in [6.07, 6.45) is 0.669. The van der Waals surface area contributed by atoms with Crippen LogP contribution in [0.3, 0.4) is 0 Å². The van der Waals surface area contributed by atoms with Gasteiger partial charge in [-0.2, -0.15) is 0 Å². The van der Waals surface area contributed by atoms with Crippen LogP contribution in [0, 0.1) is 5.92 Å². The zero-order valence-electron chi connectivity index (χ0n) is 17.1. The summed E-state index contributed by atoms with van der Waals surface area (Å²) >= 11 is 0. The number of aliphatic hydroxyl groups excluding tert-OH is 1. The van der Waals surface area contributed by atoms with Gasteiger partial charge in [-0.1, -0.05) is 13.8 Å². The Hall–Kier alpha value is -2.25. The Morgan fingerprint density at radius 1 is 1.25 bits per heavy atom. The molecule has 4 atom stereocenters. The lowest BCUT2D eigenvalue weighted by atomic mass is 9.85. The molecule has 4 unspecified atom stereocenters. The maximum Gasteiger partial charge on any atom is 0.240 e. The summed E-state index contributed by atoms with van der Waals surface area (Å²) in [5.74, 6) is 1.78. The monoisotopic (exact) mass is 387 g/mol. The van der Waals surface area contributed by atoms with Crippen molar-refractivity contribution < 1.29 is 19.4 Å². The van der Waals surface area contributed by atoms with Crippen LogP contribution in [0.4, 0.5) is 0 Å². The number of nitrogens with zero attached hydrogens (tertiary/aromatic N) is 1. The van der Waals surface area contributed by atoms with Crippen LogP contribution in [0.5, 0.6) is 11.5 Å². The minimum Gasteiger partial charge on any atom is -0.493 e. The summed E-state index contributed by atoms with van der Waals surface area (Å²) in [5.41, 5.74) is 3.16. The zero-order valence-corrected chi connectivity index (χ0v) is 17.1. The van der Waals surface area contributed by atoms with E-state index in [-0.39, 0.29) is 18.0 Å². The minimum atomic E-state index is -0.749. The van der Waals surface area contributed by atoms with Crippen LogP contribution < -0.4 is 14.8 Å². The predicted molar refractivity (Wildman–Crippen MR) is 107 cm³/mol. The van der Waals surface area contributed by atoms with E-state index >= 15 is 0 Å². The number of rotatable bonds is 4. The van der Waals surface area contributed by atoms with Gasteiger partial charge in [0.25, 0.3) is 0 Å². The first-order valence-electron chi connectivity index (χ1n) is 9.88. The fourth-order valence-corrected chi connectivity index (χ4v) is 4.70. The number of carbonyl (C=O) groups excluding carboxylic acids is 1. The van der Waals surface area contributed by atoms with E-state index in [2.05, 4.69) is 24.1 Å². The number of aromatic amines is 1. The average Bonchev–Trinajstić information content (AvgIpc) is 3.02. The topological polar surface area (TPSA) is 86.8 Å².